The fourth-order valence-corrected chi connectivity index (χ4v) is 2.52. The summed E-state index contributed by atoms with van der Waals surface area (Å²) in [6, 6.07) is 44.0. The molecule has 5 aromatic rings. The van der Waals surface area contributed by atoms with Crippen molar-refractivity contribution in [3.8, 4) is 23.7 Å². The van der Waals surface area contributed by atoms with E-state index in [4.69, 9.17) is 0 Å². The Morgan fingerprint density at radius 3 is 1.19 bits per heavy atom. The maximum absolute atomic E-state index is 3.16. The summed E-state index contributed by atoms with van der Waals surface area (Å²) in [6.07, 6.45) is 0. The van der Waals surface area contributed by atoms with Crippen LogP contribution in [0.4, 0.5) is 0 Å². The topological polar surface area (TPSA) is 0 Å². The van der Waals surface area contributed by atoms with Gasteiger partial charge in [0, 0.05) is 0 Å². The van der Waals surface area contributed by atoms with Gasteiger partial charge in [-0.05, 0) is 11.1 Å². The van der Waals surface area contributed by atoms with Gasteiger partial charge in [0.2, 0.25) is 0 Å². The SMILES string of the molecule is C(#C[c-]1cccc1)c1cccc(C#C[c-]2cccc2)c1.[Fe+2].[Fe+2].c1cc[cH-]c1.c1cc[cH-]c1. The molecule has 0 saturated carbocycles. The van der Waals surface area contributed by atoms with Crippen molar-refractivity contribution in [1.82, 2.24) is 0 Å². The summed E-state index contributed by atoms with van der Waals surface area (Å²) >= 11 is 0. The molecule has 0 radical (unpaired) electrons. The molecule has 5 aromatic carbocycles. The first-order chi connectivity index (χ1) is 14.9. The van der Waals surface area contributed by atoms with Crippen LogP contribution in [0, 0.1) is 23.7 Å². The van der Waals surface area contributed by atoms with Gasteiger partial charge in [0.15, 0.2) is 0 Å². The molecule has 158 valence electrons. The molecule has 0 aliphatic carbocycles. The molecule has 0 spiro atoms. The summed E-state index contributed by atoms with van der Waals surface area (Å²) in [5.41, 5.74) is 4.05. The molecule has 0 atom stereocenters. The fraction of sp³-hybridized carbons (Fsp3) is 0. The molecule has 32 heavy (non-hydrogen) atoms. The summed E-state index contributed by atoms with van der Waals surface area (Å²) in [5, 5.41) is 0. The van der Waals surface area contributed by atoms with Gasteiger partial charge in [-0.25, -0.2) is 24.3 Å². The van der Waals surface area contributed by atoms with E-state index in [1.54, 1.807) is 0 Å². The predicted octanol–water partition coefficient (Wildman–Crippen LogP) is 6.73. The van der Waals surface area contributed by atoms with Gasteiger partial charge in [0.05, 0.1) is 0 Å². The Morgan fingerprint density at radius 1 is 0.500 bits per heavy atom. The van der Waals surface area contributed by atoms with Crippen molar-refractivity contribution >= 4 is 0 Å². The van der Waals surface area contributed by atoms with E-state index in [0.29, 0.717) is 0 Å². The zero-order valence-electron chi connectivity index (χ0n) is 17.4. The van der Waals surface area contributed by atoms with E-state index >= 15 is 0 Å². The van der Waals surface area contributed by atoms with Gasteiger partial charge >= 0.3 is 34.1 Å². The number of benzene rings is 1. The Balaban J connectivity index is 0.000000353. The smallest absolute Gasteiger partial charge is 0.214 e. The van der Waals surface area contributed by atoms with E-state index in [0.717, 1.165) is 22.3 Å². The Labute approximate surface area is 212 Å². The zero-order chi connectivity index (χ0) is 20.7. The molecular formula is C30H22Fe2. The summed E-state index contributed by atoms with van der Waals surface area (Å²) in [4.78, 5) is 0. The van der Waals surface area contributed by atoms with E-state index < -0.39 is 0 Å². The molecule has 5 rings (SSSR count). The van der Waals surface area contributed by atoms with Crippen LogP contribution >= 0.6 is 0 Å². The summed E-state index contributed by atoms with van der Waals surface area (Å²) in [5.74, 6) is 12.6. The first kappa shape index (κ1) is 26.8. The standard InChI is InChI=1S/C20H12.2C5H5.2Fe/c1-2-7-17(6-1)12-14-19-10-5-11-20(16-19)15-13-18-8-3-4-9-18;2*1-2-4-5-3-1;;/h1-11,16H;2*1-5H;;/q-2;2*-1;2*+2. The molecule has 0 aromatic heterocycles. The second-order valence-corrected chi connectivity index (χ2v) is 6.35. The van der Waals surface area contributed by atoms with Crippen molar-refractivity contribution in [2.75, 3.05) is 0 Å². The van der Waals surface area contributed by atoms with Crippen LogP contribution in [0.1, 0.15) is 22.3 Å². The molecular weight excluding hydrogens is 472 g/mol. The Kier molecular flexibility index (Phi) is 13.8. The second kappa shape index (κ2) is 16.5. The van der Waals surface area contributed by atoms with Gasteiger partial charge in [0.1, 0.15) is 0 Å². The van der Waals surface area contributed by atoms with Crippen molar-refractivity contribution in [2.24, 2.45) is 0 Å². The number of rotatable bonds is 0. The van der Waals surface area contributed by atoms with Gasteiger partial charge in [0.25, 0.3) is 0 Å². The minimum absolute atomic E-state index is 0. The Morgan fingerprint density at radius 2 is 0.875 bits per heavy atom. The number of hydrogen-bond acceptors (Lipinski definition) is 0. The van der Waals surface area contributed by atoms with Crippen LogP contribution in [0.3, 0.4) is 0 Å². The Bertz CT molecular complexity index is 1040. The van der Waals surface area contributed by atoms with Crippen LogP contribution in [0.5, 0.6) is 0 Å². The van der Waals surface area contributed by atoms with Gasteiger partial charge in [-0.2, -0.15) is 84.3 Å². The van der Waals surface area contributed by atoms with E-state index in [1.807, 2.05) is 133 Å². The second-order valence-electron chi connectivity index (χ2n) is 6.35. The van der Waals surface area contributed by atoms with Crippen LogP contribution < -0.4 is 0 Å². The van der Waals surface area contributed by atoms with Crippen molar-refractivity contribution < 1.29 is 34.1 Å². The largest absolute Gasteiger partial charge is 2.00 e. The average molecular weight is 494 g/mol. The summed E-state index contributed by atoms with van der Waals surface area (Å²) in [6.45, 7) is 0. The van der Waals surface area contributed by atoms with Crippen LogP contribution in [-0.2, 0) is 34.1 Å². The van der Waals surface area contributed by atoms with Gasteiger partial charge in [-0.1, -0.05) is 35.4 Å². The maximum Gasteiger partial charge on any atom is 2.00 e. The van der Waals surface area contributed by atoms with Crippen molar-refractivity contribution in [1.29, 1.82) is 0 Å². The van der Waals surface area contributed by atoms with Gasteiger partial charge < -0.3 is 0 Å². The van der Waals surface area contributed by atoms with Crippen molar-refractivity contribution in [3.63, 3.8) is 0 Å². The Hall–Kier alpha value is -3.22. The molecule has 0 nitrogen and oxygen atoms in total. The predicted molar refractivity (Wildman–Crippen MR) is 127 cm³/mol. The van der Waals surface area contributed by atoms with Crippen LogP contribution in [-0.4, -0.2) is 0 Å². The quantitative estimate of drug-likeness (QED) is 0.127. The molecule has 0 fully saturated rings. The molecule has 0 heterocycles. The molecule has 0 aliphatic rings. The molecule has 2 heteroatoms. The van der Waals surface area contributed by atoms with E-state index in [2.05, 4.69) is 23.7 Å². The summed E-state index contributed by atoms with van der Waals surface area (Å²) in [7, 11) is 0. The van der Waals surface area contributed by atoms with E-state index in [-0.39, 0.29) is 34.1 Å². The molecule has 0 aliphatic heterocycles. The minimum Gasteiger partial charge on any atom is -0.214 e. The first-order valence-corrected chi connectivity index (χ1v) is 9.81. The third-order valence-electron chi connectivity index (χ3n) is 4.00. The molecule has 0 amide bonds. The first-order valence-electron chi connectivity index (χ1n) is 9.81. The third kappa shape index (κ3) is 10.7. The normalized spacial score (nSPS) is 8.25. The van der Waals surface area contributed by atoms with Crippen LogP contribution in [0.15, 0.2) is 133 Å². The van der Waals surface area contributed by atoms with E-state index in [1.165, 1.54) is 0 Å². The van der Waals surface area contributed by atoms with E-state index in [9.17, 15) is 0 Å². The molecule has 0 saturated heterocycles. The molecule has 0 unspecified atom stereocenters. The summed E-state index contributed by atoms with van der Waals surface area (Å²) < 4.78 is 0. The number of hydrogen-bond donors (Lipinski definition) is 0. The zero-order valence-corrected chi connectivity index (χ0v) is 19.6. The monoisotopic (exact) mass is 494 g/mol. The van der Waals surface area contributed by atoms with Crippen molar-refractivity contribution in [2.45, 2.75) is 0 Å². The molecule has 0 bridgehead atoms. The molecule has 0 N–H and O–H groups in total. The average Bonchev–Trinajstić information content (AvgIpc) is 3.62. The van der Waals surface area contributed by atoms with Gasteiger partial charge in [-0.15, -0.1) is 24.3 Å². The van der Waals surface area contributed by atoms with Crippen LogP contribution in [0.25, 0.3) is 0 Å². The maximum atomic E-state index is 3.16. The van der Waals surface area contributed by atoms with Gasteiger partial charge in [-0.3, -0.25) is 0 Å². The minimum atomic E-state index is 0. The van der Waals surface area contributed by atoms with Crippen molar-refractivity contribution in [3.05, 3.63) is 156 Å². The van der Waals surface area contributed by atoms with Crippen LogP contribution in [0.2, 0.25) is 0 Å². The fourth-order valence-electron chi connectivity index (χ4n) is 2.52. The third-order valence-corrected chi connectivity index (χ3v) is 4.00.